The summed E-state index contributed by atoms with van der Waals surface area (Å²) in [6.07, 6.45) is -4.32. The lowest BCUT2D eigenvalue weighted by Gasteiger charge is -2.08. The summed E-state index contributed by atoms with van der Waals surface area (Å²) < 4.78 is 40.9. The predicted molar refractivity (Wildman–Crippen MR) is 101 cm³/mol. The van der Waals surface area contributed by atoms with Gasteiger partial charge in [-0.15, -0.1) is 0 Å². The second-order valence-electron chi connectivity index (χ2n) is 6.16. The summed E-state index contributed by atoms with van der Waals surface area (Å²) in [4.78, 5) is 4.34. The fourth-order valence-electron chi connectivity index (χ4n) is 2.50. The van der Waals surface area contributed by atoms with Crippen molar-refractivity contribution in [3.8, 4) is 11.3 Å². The Hall–Kier alpha value is -3.13. The lowest BCUT2D eigenvalue weighted by atomic mass is 10.1. The molecule has 3 N–H and O–H groups in total. The Morgan fingerprint density at radius 3 is 2.39 bits per heavy atom. The molecule has 146 valence electrons. The molecular weight excluding hydrogens is 369 g/mol. The first kappa shape index (κ1) is 19.6. The fraction of sp³-hybridized carbons (Fsp3) is 0.200. The van der Waals surface area contributed by atoms with E-state index in [1.165, 1.54) is 0 Å². The molecule has 0 spiro atoms. The maximum absolute atomic E-state index is 12.1. The first-order valence-electron chi connectivity index (χ1n) is 8.54. The molecule has 5 nitrogen and oxygen atoms in total. The fourth-order valence-corrected chi connectivity index (χ4v) is 2.50. The third kappa shape index (κ3) is 5.68. The smallest absolute Gasteiger partial charge is 0.382 e. The number of nitrogens with one attached hydrogen (secondary N) is 1. The quantitative estimate of drug-likeness (QED) is 0.473. The van der Waals surface area contributed by atoms with Crippen LogP contribution in [-0.2, 0) is 17.9 Å². The van der Waals surface area contributed by atoms with Crippen LogP contribution in [0.25, 0.3) is 11.3 Å². The van der Waals surface area contributed by atoms with Crippen LogP contribution in [-0.4, -0.2) is 28.8 Å². The number of halogens is 3. The molecule has 0 fully saturated rings. The Morgan fingerprint density at radius 2 is 1.71 bits per heavy atom. The number of alkyl halides is 3. The summed E-state index contributed by atoms with van der Waals surface area (Å²) in [5.74, 6) is 0.326. The molecule has 0 aliphatic heterocycles. The summed E-state index contributed by atoms with van der Waals surface area (Å²) in [6.45, 7) is -1.01. The number of hydrogen-bond donors (Lipinski definition) is 2. The minimum atomic E-state index is -4.32. The zero-order chi connectivity index (χ0) is 20.0. The number of nitrogens with two attached hydrogens (primary N) is 1. The van der Waals surface area contributed by atoms with Crippen LogP contribution in [0.4, 0.5) is 13.2 Å². The van der Waals surface area contributed by atoms with Crippen LogP contribution in [0.3, 0.4) is 0 Å². The van der Waals surface area contributed by atoms with Gasteiger partial charge in [0.2, 0.25) is 0 Å². The maximum Gasteiger partial charge on any atom is 0.411 e. The number of aromatic amines is 1. The van der Waals surface area contributed by atoms with Crippen molar-refractivity contribution in [3.63, 3.8) is 0 Å². The number of nitrogens with zero attached hydrogens (tertiary/aromatic N) is 2. The molecule has 0 atom stereocenters. The Kier molecular flexibility index (Phi) is 6.10. The molecule has 0 amide bonds. The molecule has 0 bridgehead atoms. The molecular formula is C20H19F3N4O. The van der Waals surface area contributed by atoms with Crippen LogP contribution in [0.2, 0.25) is 0 Å². The molecule has 28 heavy (non-hydrogen) atoms. The van der Waals surface area contributed by atoms with Gasteiger partial charge in [-0.25, -0.2) is 0 Å². The Bertz CT molecular complexity index is 919. The highest BCUT2D eigenvalue weighted by molar-refractivity contribution is 5.96. The summed E-state index contributed by atoms with van der Waals surface area (Å²) in [6, 6.07) is 18.5. The Morgan fingerprint density at radius 1 is 1.04 bits per heavy atom. The number of aliphatic imine (C=N–C) groups is 1. The SMILES string of the molecule is NC(=NCc1ccc(COCC(F)(F)F)cc1)c1cc(-c2ccccc2)n[nH]1. The zero-order valence-electron chi connectivity index (χ0n) is 14.9. The van der Waals surface area contributed by atoms with Gasteiger partial charge in [0.15, 0.2) is 0 Å². The Balaban J connectivity index is 1.57. The first-order valence-corrected chi connectivity index (χ1v) is 8.54. The van der Waals surface area contributed by atoms with Gasteiger partial charge in [-0.05, 0) is 17.2 Å². The monoisotopic (exact) mass is 388 g/mol. The molecule has 0 aliphatic carbocycles. The first-order chi connectivity index (χ1) is 13.4. The average Bonchev–Trinajstić information content (AvgIpc) is 3.17. The molecule has 3 rings (SSSR count). The summed E-state index contributed by atoms with van der Waals surface area (Å²) in [7, 11) is 0. The van der Waals surface area contributed by atoms with Gasteiger partial charge in [0.25, 0.3) is 0 Å². The van der Waals surface area contributed by atoms with Gasteiger partial charge in [0, 0.05) is 5.56 Å². The molecule has 2 aromatic carbocycles. The predicted octanol–water partition coefficient (Wildman–Crippen LogP) is 4.06. The molecule has 1 heterocycles. The van der Waals surface area contributed by atoms with Gasteiger partial charge in [0.05, 0.1) is 18.8 Å². The van der Waals surface area contributed by atoms with Crippen molar-refractivity contribution in [1.29, 1.82) is 0 Å². The minimum absolute atomic E-state index is 0.0956. The largest absolute Gasteiger partial charge is 0.411 e. The van der Waals surface area contributed by atoms with Crippen LogP contribution in [0.5, 0.6) is 0 Å². The van der Waals surface area contributed by atoms with Gasteiger partial charge in [0.1, 0.15) is 18.1 Å². The molecule has 0 unspecified atom stereocenters. The highest BCUT2D eigenvalue weighted by atomic mass is 19.4. The van der Waals surface area contributed by atoms with Gasteiger partial charge in [-0.3, -0.25) is 10.1 Å². The van der Waals surface area contributed by atoms with Crippen molar-refractivity contribution in [2.45, 2.75) is 19.3 Å². The zero-order valence-corrected chi connectivity index (χ0v) is 14.9. The lowest BCUT2D eigenvalue weighted by Crippen LogP contribution is -2.16. The normalized spacial score (nSPS) is 12.3. The van der Waals surface area contributed by atoms with Crippen molar-refractivity contribution in [1.82, 2.24) is 10.2 Å². The van der Waals surface area contributed by atoms with E-state index in [0.717, 1.165) is 16.8 Å². The molecule has 0 aliphatic rings. The van der Waals surface area contributed by atoms with E-state index in [0.29, 0.717) is 23.6 Å². The number of aromatic nitrogens is 2. The molecule has 3 aromatic rings. The number of amidine groups is 1. The molecule has 0 saturated heterocycles. The van der Waals surface area contributed by atoms with Crippen molar-refractivity contribution < 1.29 is 17.9 Å². The number of benzene rings is 2. The van der Waals surface area contributed by atoms with Gasteiger partial charge < -0.3 is 10.5 Å². The van der Waals surface area contributed by atoms with E-state index in [1.807, 2.05) is 36.4 Å². The van der Waals surface area contributed by atoms with Crippen molar-refractivity contribution in [2.24, 2.45) is 10.7 Å². The van der Waals surface area contributed by atoms with E-state index < -0.39 is 12.8 Å². The van der Waals surface area contributed by atoms with E-state index in [4.69, 9.17) is 5.73 Å². The summed E-state index contributed by atoms with van der Waals surface area (Å²) >= 11 is 0. The minimum Gasteiger partial charge on any atom is -0.382 e. The molecule has 0 saturated carbocycles. The average molecular weight is 388 g/mol. The molecule has 0 radical (unpaired) electrons. The van der Waals surface area contributed by atoms with Crippen molar-refractivity contribution >= 4 is 5.84 Å². The van der Waals surface area contributed by atoms with Crippen molar-refractivity contribution in [3.05, 3.63) is 77.5 Å². The molecule has 1 aromatic heterocycles. The highest BCUT2D eigenvalue weighted by Gasteiger charge is 2.27. The van der Waals surface area contributed by atoms with Gasteiger partial charge in [-0.2, -0.15) is 18.3 Å². The Labute approximate surface area is 160 Å². The topological polar surface area (TPSA) is 76.3 Å². The highest BCUT2D eigenvalue weighted by Crippen LogP contribution is 2.17. The maximum atomic E-state index is 12.1. The van der Waals surface area contributed by atoms with Gasteiger partial charge in [-0.1, -0.05) is 54.6 Å². The van der Waals surface area contributed by atoms with E-state index in [-0.39, 0.29) is 6.61 Å². The van der Waals surface area contributed by atoms with Crippen LogP contribution in [0, 0.1) is 0 Å². The second-order valence-corrected chi connectivity index (χ2v) is 6.16. The van der Waals surface area contributed by atoms with Gasteiger partial charge >= 0.3 is 6.18 Å². The summed E-state index contributed by atoms with van der Waals surface area (Å²) in [5, 5.41) is 7.11. The van der Waals surface area contributed by atoms with E-state index in [9.17, 15) is 13.2 Å². The number of hydrogen-bond acceptors (Lipinski definition) is 3. The number of rotatable bonds is 7. The third-order valence-electron chi connectivity index (χ3n) is 3.91. The van der Waals surface area contributed by atoms with Crippen LogP contribution >= 0.6 is 0 Å². The number of ether oxygens (including phenoxy) is 1. The number of H-pyrrole nitrogens is 1. The van der Waals surface area contributed by atoms with E-state index >= 15 is 0 Å². The third-order valence-corrected chi connectivity index (χ3v) is 3.91. The van der Waals surface area contributed by atoms with Crippen LogP contribution in [0.1, 0.15) is 16.8 Å². The second kappa shape index (κ2) is 8.71. The van der Waals surface area contributed by atoms with Crippen LogP contribution in [0.15, 0.2) is 65.7 Å². The standard InChI is InChI=1S/C20H19F3N4O/c21-20(22,23)13-28-12-15-8-6-14(7-9-15)11-25-19(24)18-10-17(26-27-18)16-4-2-1-3-5-16/h1-10H,11-13H2,(H2,24,25)(H,26,27). The van der Waals surface area contributed by atoms with Crippen molar-refractivity contribution in [2.75, 3.05) is 6.61 Å². The molecule has 8 heteroatoms. The summed E-state index contributed by atoms with van der Waals surface area (Å²) in [5.41, 5.74) is 9.93. The lowest BCUT2D eigenvalue weighted by molar-refractivity contribution is -0.176. The van der Waals surface area contributed by atoms with Crippen LogP contribution < -0.4 is 5.73 Å². The van der Waals surface area contributed by atoms with E-state index in [2.05, 4.69) is 19.9 Å². The van der Waals surface area contributed by atoms with E-state index in [1.54, 1.807) is 24.3 Å².